The van der Waals surface area contributed by atoms with Gasteiger partial charge in [-0.3, -0.25) is 4.79 Å². The average molecular weight is 381 g/mol. The van der Waals surface area contributed by atoms with E-state index < -0.39 is 0 Å². The van der Waals surface area contributed by atoms with Gasteiger partial charge < -0.3 is 19.7 Å². The van der Waals surface area contributed by atoms with E-state index in [0.29, 0.717) is 16.6 Å². The largest absolute Gasteiger partial charge is 0.431 e. The van der Waals surface area contributed by atoms with Crippen LogP contribution in [-0.2, 0) is 4.74 Å². The number of hydrogen-bond donors (Lipinski definition) is 1. The number of hydrogen-bond acceptors (Lipinski definition) is 6. The third kappa shape index (κ3) is 4.45. The van der Waals surface area contributed by atoms with Crippen LogP contribution >= 0.6 is 11.3 Å². The number of benzene rings is 2. The summed E-state index contributed by atoms with van der Waals surface area (Å²) in [6.45, 7) is 3.26. The van der Waals surface area contributed by atoms with E-state index in [1.807, 2.05) is 54.6 Å². The molecule has 0 unspecified atom stereocenters. The van der Waals surface area contributed by atoms with Crippen LogP contribution in [0.25, 0.3) is 0 Å². The highest BCUT2D eigenvalue weighted by molar-refractivity contribution is 7.11. The first-order valence-corrected chi connectivity index (χ1v) is 9.58. The fraction of sp³-hybridized carbons (Fsp3) is 0.200. The lowest BCUT2D eigenvalue weighted by Crippen LogP contribution is -2.36. The number of rotatable bonds is 5. The Hall–Kier alpha value is -2.90. The Balaban J connectivity index is 1.37. The molecule has 2 heterocycles. The van der Waals surface area contributed by atoms with E-state index in [1.165, 1.54) is 11.3 Å². The molecule has 7 heteroatoms. The topological polar surface area (TPSA) is 63.7 Å². The van der Waals surface area contributed by atoms with Crippen molar-refractivity contribution in [3.05, 3.63) is 65.7 Å². The Bertz CT molecular complexity index is 890. The summed E-state index contributed by atoms with van der Waals surface area (Å²) >= 11 is 1.29. The van der Waals surface area contributed by atoms with Gasteiger partial charge in [0, 0.05) is 29.8 Å². The van der Waals surface area contributed by atoms with Crippen molar-refractivity contribution < 1.29 is 14.3 Å². The number of morpholine rings is 1. The number of carbonyl (C=O) groups excluding carboxylic acids is 1. The zero-order valence-corrected chi connectivity index (χ0v) is 15.4. The molecule has 6 nitrogen and oxygen atoms in total. The number of amides is 1. The van der Waals surface area contributed by atoms with Crippen LogP contribution in [0.15, 0.2) is 60.0 Å². The number of carbonyl (C=O) groups is 1. The molecule has 1 aliphatic heterocycles. The van der Waals surface area contributed by atoms with Crippen molar-refractivity contribution in [2.45, 2.75) is 0 Å². The SMILES string of the molecule is O=C(Nc1ccc(N2CCOCC2)cc1)c1csc(Oc2ccccc2)n1. The molecular formula is C20H19N3O3S. The molecule has 1 N–H and O–H groups in total. The van der Waals surface area contributed by atoms with Crippen LogP contribution < -0.4 is 15.0 Å². The maximum absolute atomic E-state index is 12.4. The van der Waals surface area contributed by atoms with Crippen molar-refractivity contribution in [2.75, 3.05) is 36.5 Å². The molecule has 3 aromatic rings. The number of anilines is 2. The molecule has 0 atom stereocenters. The monoisotopic (exact) mass is 381 g/mol. The molecule has 0 saturated carbocycles. The highest BCUT2D eigenvalue weighted by Gasteiger charge is 2.14. The fourth-order valence-electron chi connectivity index (χ4n) is 2.77. The van der Waals surface area contributed by atoms with E-state index in [9.17, 15) is 4.79 Å². The molecule has 0 aliphatic carbocycles. The molecule has 1 saturated heterocycles. The van der Waals surface area contributed by atoms with E-state index in [2.05, 4.69) is 15.2 Å². The second kappa shape index (κ2) is 8.20. The van der Waals surface area contributed by atoms with Gasteiger partial charge in [0.25, 0.3) is 11.1 Å². The van der Waals surface area contributed by atoms with Crippen LogP contribution in [0, 0.1) is 0 Å². The van der Waals surface area contributed by atoms with E-state index in [1.54, 1.807) is 5.38 Å². The molecule has 1 aromatic heterocycles. The molecule has 27 heavy (non-hydrogen) atoms. The molecule has 2 aromatic carbocycles. The molecule has 0 spiro atoms. The molecular weight excluding hydrogens is 362 g/mol. The third-order valence-corrected chi connectivity index (χ3v) is 4.88. The molecule has 138 valence electrons. The minimum atomic E-state index is -0.256. The Labute approximate surface area is 161 Å². The summed E-state index contributed by atoms with van der Waals surface area (Å²) in [5, 5.41) is 5.00. The molecule has 0 radical (unpaired) electrons. The number of nitrogens with one attached hydrogen (secondary N) is 1. The predicted octanol–water partition coefficient (Wildman–Crippen LogP) is 4.02. The normalized spacial score (nSPS) is 14.0. The molecule has 4 rings (SSSR count). The van der Waals surface area contributed by atoms with Crippen molar-refractivity contribution in [3.8, 4) is 10.9 Å². The molecule has 1 aliphatic rings. The lowest BCUT2D eigenvalue weighted by molar-refractivity contribution is 0.102. The Kier molecular flexibility index (Phi) is 5.32. The fourth-order valence-corrected chi connectivity index (χ4v) is 3.44. The minimum absolute atomic E-state index is 0.256. The number of ether oxygens (including phenoxy) is 2. The summed E-state index contributed by atoms with van der Waals surface area (Å²) in [7, 11) is 0. The highest BCUT2D eigenvalue weighted by Crippen LogP contribution is 2.25. The van der Waals surface area contributed by atoms with E-state index >= 15 is 0 Å². The number of aromatic nitrogens is 1. The molecule has 0 bridgehead atoms. The third-order valence-electron chi connectivity index (χ3n) is 4.17. The van der Waals surface area contributed by atoms with Gasteiger partial charge in [-0.2, -0.15) is 4.98 Å². The van der Waals surface area contributed by atoms with E-state index in [4.69, 9.17) is 9.47 Å². The first kappa shape index (κ1) is 17.5. The lowest BCUT2D eigenvalue weighted by atomic mass is 10.2. The summed E-state index contributed by atoms with van der Waals surface area (Å²) in [5.41, 5.74) is 2.20. The summed E-state index contributed by atoms with van der Waals surface area (Å²) in [4.78, 5) is 18.9. The number of para-hydroxylation sites is 1. The minimum Gasteiger partial charge on any atom is -0.431 e. The standard InChI is InChI=1S/C20H19N3O3S/c24-19(18-14-27-20(22-18)26-17-4-2-1-3-5-17)21-15-6-8-16(9-7-15)23-10-12-25-13-11-23/h1-9,14H,10-13H2,(H,21,24). The lowest BCUT2D eigenvalue weighted by Gasteiger charge is -2.28. The van der Waals surface area contributed by atoms with Crippen molar-refractivity contribution in [3.63, 3.8) is 0 Å². The maximum atomic E-state index is 12.4. The molecule has 1 amide bonds. The predicted molar refractivity (Wildman–Crippen MR) is 106 cm³/mol. The van der Waals surface area contributed by atoms with Crippen molar-refractivity contribution >= 4 is 28.6 Å². The van der Waals surface area contributed by atoms with Gasteiger partial charge in [0.05, 0.1) is 13.2 Å². The highest BCUT2D eigenvalue weighted by atomic mass is 32.1. The first-order valence-electron chi connectivity index (χ1n) is 8.70. The van der Waals surface area contributed by atoms with Gasteiger partial charge in [-0.05, 0) is 36.4 Å². The first-order chi connectivity index (χ1) is 13.3. The van der Waals surface area contributed by atoms with Crippen LogP contribution in [0.3, 0.4) is 0 Å². The van der Waals surface area contributed by atoms with Crippen molar-refractivity contribution in [1.29, 1.82) is 0 Å². The van der Waals surface area contributed by atoms with Crippen LogP contribution in [0.2, 0.25) is 0 Å². The van der Waals surface area contributed by atoms with Gasteiger partial charge in [-0.1, -0.05) is 29.5 Å². The van der Waals surface area contributed by atoms with Gasteiger partial charge >= 0.3 is 0 Å². The second-order valence-corrected chi connectivity index (χ2v) is 6.83. The number of nitrogens with zero attached hydrogens (tertiary/aromatic N) is 2. The zero-order valence-electron chi connectivity index (χ0n) is 14.6. The summed E-state index contributed by atoms with van der Waals surface area (Å²) in [6, 6.07) is 17.2. The van der Waals surface area contributed by atoms with Crippen LogP contribution in [0.4, 0.5) is 11.4 Å². The quantitative estimate of drug-likeness (QED) is 0.723. The van der Waals surface area contributed by atoms with Gasteiger partial charge in [0.1, 0.15) is 11.4 Å². The van der Waals surface area contributed by atoms with Gasteiger partial charge in [0.2, 0.25) is 0 Å². The van der Waals surface area contributed by atoms with Crippen LogP contribution in [-0.4, -0.2) is 37.2 Å². The Morgan fingerprint density at radius 3 is 2.56 bits per heavy atom. The summed E-state index contributed by atoms with van der Waals surface area (Å²) < 4.78 is 11.0. The van der Waals surface area contributed by atoms with Crippen molar-refractivity contribution in [2.24, 2.45) is 0 Å². The van der Waals surface area contributed by atoms with Crippen LogP contribution in [0.5, 0.6) is 10.9 Å². The Morgan fingerprint density at radius 1 is 1.07 bits per heavy atom. The maximum Gasteiger partial charge on any atom is 0.279 e. The van der Waals surface area contributed by atoms with E-state index in [0.717, 1.165) is 37.7 Å². The van der Waals surface area contributed by atoms with Crippen LogP contribution in [0.1, 0.15) is 10.5 Å². The smallest absolute Gasteiger partial charge is 0.279 e. The summed E-state index contributed by atoms with van der Waals surface area (Å²) in [6.07, 6.45) is 0. The summed E-state index contributed by atoms with van der Waals surface area (Å²) in [5.74, 6) is 0.436. The van der Waals surface area contributed by atoms with E-state index in [-0.39, 0.29) is 5.91 Å². The number of thiazole rings is 1. The van der Waals surface area contributed by atoms with Gasteiger partial charge in [-0.25, -0.2) is 0 Å². The zero-order chi connectivity index (χ0) is 18.5. The molecule has 1 fully saturated rings. The Morgan fingerprint density at radius 2 is 1.81 bits per heavy atom. The van der Waals surface area contributed by atoms with Gasteiger partial charge in [-0.15, -0.1) is 0 Å². The average Bonchev–Trinajstić information content (AvgIpc) is 3.19. The second-order valence-electron chi connectivity index (χ2n) is 6.01. The van der Waals surface area contributed by atoms with Gasteiger partial charge in [0.15, 0.2) is 0 Å². The van der Waals surface area contributed by atoms with Crippen molar-refractivity contribution in [1.82, 2.24) is 4.98 Å².